The molecule has 1 unspecified atom stereocenters. The standard InChI is InChI=1S/C12H10BrF3N2O2/c1-18-10(19)5-9(11(18)20)17-8-3-6(12(14,15)16)2-7(13)4-8/h2-4,9,17H,5H2,1H3. The number of imide groups is 1. The van der Waals surface area contributed by atoms with Crippen LogP contribution < -0.4 is 5.32 Å². The number of rotatable bonds is 2. The highest BCUT2D eigenvalue weighted by molar-refractivity contribution is 9.10. The number of alkyl halides is 3. The summed E-state index contributed by atoms with van der Waals surface area (Å²) in [5, 5.41) is 2.66. The van der Waals surface area contributed by atoms with Crippen molar-refractivity contribution >= 4 is 33.4 Å². The molecule has 1 aromatic carbocycles. The second-order valence-electron chi connectivity index (χ2n) is 4.42. The van der Waals surface area contributed by atoms with E-state index in [9.17, 15) is 22.8 Å². The highest BCUT2D eigenvalue weighted by atomic mass is 79.9. The molecule has 108 valence electrons. The van der Waals surface area contributed by atoms with Gasteiger partial charge in [-0.25, -0.2) is 0 Å². The van der Waals surface area contributed by atoms with Crippen molar-refractivity contribution in [1.82, 2.24) is 4.90 Å². The van der Waals surface area contributed by atoms with Crippen molar-refractivity contribution in [2.45, 2.75) is 18.6 Å². The number of anilines is 1. The van der Waals surface area contributed by atoms with Gasteiger partial charge in [0, 0.05) is 17.2 Å². The van der Waals surface area contributed by atoms with Crippen LogP contribution in [0.15, 0.2) is 22.7 Å². The average molecular weight is 351 g/mol. The molecule has 1 aliphatic rings. The van der Waals surface area contributed by atoms with Gasteiger partial charge in [0.05, 0.1) is 12.0 Å². The predicted molar refractivity (Wildman–Crippen MR) is 68.9 cm³/mol. The van der Waals surface area contributed by atoms with E-state index in [0.717, 1.165) is 17.0 Å². The Morgan fingerprint density at radius 2 is 1.95 bits per heavy atom. The van der Waals surface area contributed by atoms with Gasteiger partial charge in [-0.3, -0.25) is 14.5 Å². The summed E-state index contributed by atoms with van der Waals surface area (Å²) < 4.78 is 38.3. The number of carbonyl (C=O) groups excluding carboxylic acids is 2. The molecule has 2 amide bonds. The van der Waals surface area contributed by atoms with Gasteiger partial charge in [0.1, 0.15) is 6.04 Å². The van der Waals surface area contributed by atoms with Gasteiger partial charge in [0.2, 0.25) is 5.91 Å². The molecule has 0 radical (unpaired) electrons. The van der Waals surface area contributed by atoms with E-state index in [-0.39, 0.29) is 22.5 Å². The number of nitrogens with zero attached hydrogens (tertiary/aromatic N) is 1. The summed E-state index contributed by atoms with van der Waals surface area (Å²) in [5.74, 6) is -0.818. The van der Waals surface area contributed by atoms with Crippen LogP contribution in [0.25, 0.3) is 0 Å². The van der Waals surface area contributed by atoms with Crippen LogP contribution >= 0.6 is 15.9 Å². The van der Waals surface area contributed by atoms with Crippen LogP contribution in [0.3, 0.4) is 0 Å². The van der Waals surface area contributed by atoms with Crippen molar-refractivity contribution in [3.63, 3.8) is 0 Å². The Morgan fingerprint density at radius 1 is 1.30 bits per heavy atom. The van der Waals surface area contributed by atoms with Crippen LogP contribution in [0.5, 0.6) is 0 Å². The molecule has 0 saturated carbocycles. The fraction of sp³-hybridized carbons (Fsp3) is 0.333. The molecule has 2 rings (SSSR count). The minimum absolute atomic E-state index is 0.0663. The molecule has 0 bridgehead atoms. The Hall–Kier alpha value is -1.57. The first-order chi connectivity index (χ1) is 9.18. The molecule has 20 heavy (non-hydrogen) atoms. The molecule has 1 aliphatic heterocycles. The average Bonchev–Trinajstić information content (AvgIpc) is 2.55. The number of likely N-dealkylation sites (N-methyl/N-ethyl adjacent to an activating group) is 1. The topological polar surface area (TPSA) is 49.4 Å². The van der Waals surface area contributed by atoms with E-state index < -0.39 is 23.7 Å². The molecule has 0 aliphatic carbocycles. The monoisotopic (exact) mass is 350 g/mol. The van der Waals surface area contributed by atoms with Gasteiger partial charge in [-0.1, -0.05) is 15.9 Å². The van der Waals surface area contributed by atoms with Crippen molar-refractivity contribution < 1.29 is 22.8 Å². The number of amides is 2. The smallest absolute Gasteiger partial charge is 0.373 e. The van der Waals surface area contributed by atoms with Gasteiger partial charge in [-0.2, -0.15) is 13.2 Å². The number of carbonyl (C=O) groups is 2. The molecular formula is C12H10BrF3N2O2. The molecule has 1 N–H and O–H groups in total. The number of likely N-dealkylation sites (tertiary alicyclic amines) is 1. The largest absolute Gasteiger partial charge is 0.416 e. The summed E-state index contributed by atoms with van der Waals surface area (Å²) in [4.78, 5) is 24.0. The zero-order valence-corrected chi connectivity index (χ0v) is 11.9. The van der Waals surface area contributed by atoms with Gasteiger partial charge in [0.25, 0.3) is 5.91 Å². The third-order valence-electron chi connectivity index (χ3n) is 2.95. The molecule has 4 nitrogen and oxygen atoms in total. The second kappa shape index (κ2) is 5.08. The maximum atomic E-state index is 12.7. The molecule has 0 aromatic heterocycles. The Kier molecular flexibility index (Phi) is 3.77. The molecule has 0 spiro atoms. The lowest BCUT2D eigenvalue weighted by Crippen LogP contribution is -2.31. The minimum Gasteiger partial charge on any atom is -0.373 e. The summed E-state index contributed by atoms with van der Waals surface area (Å²) in [6.07, 6.45) is -4.55. The number of halogens is 4. The second-order valence-corrected chi connectivity index (χ2v) is 5.33. The SMILES string of the molecule is CN1C(=O)CC(Nc2cc(Br)cc(C(F)(F)F)c2)C1=O. The summed E-state index contributed by atoms with van der Waals surface area (Å²) in [6, 6.07) is 2.44. The maximum Gasteiger partial charge on any atom is 0.416 e. The Morgan fingerprint density at radius 3 is 2.45 bits per heavy atom. The molecule has 1 saturated heterocycles. The first-order valence-corrected chi connectivity index (χ1v) is 6.42. The first kappa shape index (κ1) is 14.8. The number of hydrogen-bond donors (Lipinski definition) is 1. The van der Waals surface area contributed by atoms with E-state index in [2.05, 4.69) is 21.2 Å². The lowest BCUT2D eigenvalue weighted by Gasteiger charge is -2.15. The van der Waals surface area contributed by atoms with Crippen LogP contribution in [-0.4, -0.2) is 29.8 Å². The third kappa shape index (κ3) is 2.95. The fourth-order valence-corrected chi connectivity index (χ4v) is 2.40. The highest BCUT2D eigenvalue weighted by Gasteiger charge is 2.36. The van der Waals surface area contributed by atoms with E-state index in [0.29, 0.717) is 0 Å². The first-order valence-electron chi connectivity index (χ1n) is 5.63. The van der Waals surface area contributed by atoms with Gasteiger partial charge >= 0.3 is 6.18 Å². The summed E-state index contributed by atoms with van der Waals surface area (Å²) in [5.41, 5.74) is -0.701. The Bertz CT molecular complexity index is 574. The molecule has 1 atom stereocenters. The molecule has 1 heterocycles. The van der Waals surface area contributed by atoms with Crippen molar-refractivity contribution in [2.75, 3.05) is 12.4 Å². The van der Waals surface area contributed by atoms with Crippen molar-refractivity contribution in [3.8, 4) is 0 Å². The lowest BCUT2D eigenvalue weighted by atomic mass is 10.1. The zero-order chi connectivity index (χ0) is 15.1. The van der Waals surface area contributed by atoms with Crippen LogP contribution in [0.4, 0.5) is 18.9 Å². The maximum absolute atomic E-state index is 12.7. The van der Waals surface area contributed by atoms with Crippen LogP contribution in [-0.2, 0) is 15.8 Å². The van der Waals surface area contributed by atoms with E-state index >= 15 is 0 Å². The molecule has 1 aromatic rings. The fourth-order valence-electron chi connectivity index (χ4n) is 1.91. The van der Waals surface area contributed by atoms with Gasteiger partial charge in [0.15, 0.2) is 0 Å². The van der Waals surface area contributed by atoms with Gasteiger partial charge in [-0.05, 0) is 18.2 Å². The van der Waals surface area contributed by atoms with Crippen molar-refractivity contribution in [1.29, 1.82) is 0 Å². The summed E-state index contributed by atoms with van der Waals surface area (Å²) >= 11 is 2.99. The van der Waals surface area contributed by atoms with Crippen LogP contribution in [0, 0.1) is 0 Å². The van der Waals surface area contributed by atoms with Crippen molar-refractivity contribution in [3.05, 3.63) is 28.2 Å². The molecule has 1 fully saturated rings. The number of benzene rings is 1. The lowest BCUT2D eigenvalue weighted by molar-refractivity contribution is -0.138. The number of nitrogens with one attached hydrogen (secondary N) is 1. The minimum atomic E-state index is -4.48. The Balaban J connectivity index is 2.25. The number of hydrogen-bond acceptors (Lipinski definition) is 3. The van der Waals surface area contributed by atoms with E-state index in [1.165, 1.54) is 13.1 Å². The van der Waals surface area contributed by atoms with Gasteiger partial charge < -0.3 is 5.32 Å². The molecule has 8 heteroatoms. The van der Waals surface area contributed by atoms with Crippen molar-refractivity contribution in [2.24, 2.45) is 0 Å². The van der Waals surface area contributed by atoms with Gasteiger partial charge in [-0.15, -0.1) is 0 Å². The van der Waals surface area contributed by atoms with E-state index in [4.69, 9.17) is 0 Å². The summed E-state index contributed by atoms with van der Waals surface area (Å²) in [7, 11) is 1.34. The predicted octanol–water partition coefficient (Wildman–Crippen LogP) is 2.64. The third-order valence-corrected chi connectivity index (χ3v) is 3.41. The summed E-state index contributed by atoms with van der Waals surface area (Å²) in [6.45, 7) is 0. The Labute approximate surface area is 121 Å². The van der Waals surface area contributed by atoms with E-state index in [1.807, 2.05) is 0 Å². The molecular weight excluding hydrogens is 341 g/mol. The zero-order valence-electron chi connectivity index (χ0n) is 10.3. The van der Waals surface area contributed by atoms with Crippen LogP contribution in [0.1, 0.15) is 12.0 Å². The quantitative estimate of drug-likeness (QED) is 0.834. The van der Waals surface area contributed by atoms with E-state index in [1.54, 1.807) is 0 Å². The van der Waals surface area contributed by atoms with Crippen LogP contribution in [0.2, 0.25) is 0 Å². The highest BCUT2D eigenvalue weighted by Crippen LogP contribution is 2.33. The normalized spacial score (nSPS) is 19.6.